The molecule has 3 rings (SSSR count). The van der Waals surface area contributed by atoms with Gasteiger partial charge in [0.05, 0.1) is 5.52 Å². The number of H-pyrrole nitrogens is 1. The number of hydrogen-bond acceptors (Lipinski definition) is 5. The summed E-state index contributed by atoms with van der Waals surface area (Å²) in [6, 6.07) is 9.32. The largest absolute Gasteiger partial charge is 0.346 e. The van der Waals surface area contributed by atoms with Crippen molar-refractivity contribution in [2.75, 3.05) is 5.32 Å². The number of aromatic amines is 1. The summed E-state index contributed by atoms with van der Waals surface area (Å²) >= 11 is 0. The molecule has 0 saturated carbocycles. The van der Waals surface area contributed by atoms with Crippen LogP contribution in [-0.4, -0.2) is 19.9 Å². The molecular formula is C12H9N5O. The molecule has 3 aromatic rings. The fourth-order valence-electron chi connectivity index (χ4n) is 1.59. The van der Waals surface area contributed by atoms with Crippen LogP contribution in [0.3, 0.4) is 0 Å². The summed E-state index contributed by atoms with van der Waals surface area (Å²) in [6.07, 6.45) is 3.15. The first-order valence-electron chi connectivity index (χ1n) is 5.35. The molecule has 2 aromatic heterocycles. The van der Waals surface area contributed by atoms with E-state index in [0.29, 0.717) is 11.8 Å². The molecule has 0 saturated heterocycles. The first kappa shape index (κ1) is 10.4. The Bertz CT molecular complexity index is 752. The van der Waals surface area contributed by atoms with E-state index in [1.54, 1.807) is 12.3 Å². The highest BCUT2D eigenvalue weighted by molar-refractivity contribution is 5.78. The molecule has 0 aliphatic carbocycles. The molecule has 0 amide bonds. The van der Waals surface area contributed by atoms with E-state index in [1.165, 1.54) is 6.20 Å². The minimum Gasteiger partial charge on any atom is -0.310 e. The van der Waals surface area contributed by atoms with Crippen LogP contribution in [0.2, 0.25) is 0 Å². The predicted octanol–water partition coefficient (Wildman–Crippen LogP) is 1.46. The molecule has 18 heavy (non-hydrogen) atoms. The molecular weight excluding hydrogens is 230 g/mol. The van der Waals surface area contributed by atoms with Crippen molar-refractivity contribution in [1.29, 1.82) is 0 Å². The maximum Gasteiger partial charge on any atom is 0.346 e. The van der Waals surface area contributed by atoms with Gasteiger partial charge < -0.3 is 5.32 Å². The number of para-hydroxylation sites is 1. The number of rotatable bonds is 2. The van der Waals surface area contributed by atoms with E-state index in [1.807, 2.05) is 24.3 Å². The number of aromatic nitrogens is 4. The Morgan fingerprint density at radius 2 is 2.00 bits per heavy atom. The van der Waals surface area contributed by atoms with E-state index in [-0.39, 0.29) is 0 Å². The SMILES string of the molecule is O=c1nccc(Nc2ncc3ccccc3n2)[nH]1. The van der Waals surface area contributed by atoms with Crippen molar-refractivity contribution < 1.29 is 0 Å². The maximum absolute atomic E-state index is 11.0. The minimum atomic E-state index is -0.416. The van der Waals surface area contributed by atoms with Crippen LogP contribution in [0, 0.1) is 0 Å². The highest BCUT2D eigenvalue weighted by Gasteiger charge is 2.00. The molecule has 0 unspecified atom stereocenters. The molecule has 0 fully saturated rings. The molecule has 0 aliphatic heterocycles. The molecule has 6 heteroatoms. The first-order chi connectivity index (χ1) is 8.81. The summed E-state index contributed by atoms with van der Waals surface area (Å²) in [5, 5.41) is 3.88. The summed E-state index contributed by atoms with van der Waals surface area (Å²) < 4.78 is 0. The van der Waals surface area contributed by atoms with Crippen LogP contribution in [0.5, 0.6) is 0 Å². The Morgan fingerprint density at radius 1 is 1.11 bits per heavy atom. The minimum absolute atomic E-state index is 0.416. The fourth-order valence-corrected chi connectivity index (χ4v) is 1.59. The van der Waals surface area contributed by atoms with Gasteiger partial charge in [0.1, 0.15) is 5.82 Å². The van der Waals surface area contributed by atoms with Gasteiger partial charge in [0, 0.05) is 17.8 Å². The summed E-state index contributed by atoms with van der Waals surface area (Å²) in [5.74, 6) is 0.931. The van der Waals surface area contributed by atoms with Crippen LogP contribution in [0.25, 0.3) is 10.9 Å². The second kappa shape index (κ2) is 4.25. The van der Waals surface area contributed by atoms with E-state index < -0.39 is 5.69 Å². The van der Waals surface area contributed by atoms with Gasteiger partial charge in [-0.1, -0.05) is 18.2 Å². The van der Waals surface area contributed by atoms with Crippen LogP contribution in [0.1, 0.15) is 0 Å². The number of benzene rings is 1. The van der Waals surface area contributed by atoms with Gasteiger partial charge in [0.15, 0.2) is 0 Å². The Labute approximate surface area is 102 Å². The standard InChI is InChI=1S/C12H9N5O/c18-12-13-6-5-10(17-12)16-11-14-7-8-3-1-2-4-9(8)15-11/h1-7H,(H2,13,14,15,16,17,18). The molecule has 0 spiro atoms. The van der Waals surface area contributed by atoms with Crippen molar-refractivity contribution in [1.82, 2.24) is 19.9 Å². The molecule has 0 bridgehead atoms. The van der Waals surface area contributed by atoms with E-state index in [9.17, 15) is 4.79 Å². The Balaban J connectivity index is 1.97. The molecule has 88 valence electrons. The maximum atomic E-state index is 11.0. The molecule has 0 aliphatic rings. The van der Waals surface area contributed by atoms with Gasteiger partial charge in [0.2, 0.25) is 5.95 Å². The third-order valence-electron chi connectivity index (χ3n) is 2.41. The smallest absolute Gasteiger partial charge is 0.310 e. The van der Waals surface area contributed by atoms with E-state index >= 15 is 0 Å². The third kappa shape index (κ3) is 2.03. The molecule has 6 nitrogen and oxygen atoms in total. The van der Waals surface area contributed by atoms with Crippen LogP contribution < -0.4 is 11.0 Å². The van der Waals surface area contributed by atoms with Gasteiger partial charge in [-0.25, -0.2) is 19.7 Å². The van der Waals surface area contributed by atoms with Gasteiger partial charge in [-0.2, -0.15) is 0 Å². The van der Waals surface area contributed by atoms with Gasteiger partial charge in [-0.3, -0.25) is 4.98 Å². The van der Waals surface area contributed by atoms with Gasteiger partial charge >= 0.3 is 5.69 Å². The first-order valence-corrected chi connectivity index (χ1v) is 5.35. The number of fused-ring (bicyclic) bond motifs is 1. The number of hydrogen-bond donors (Lipinski definition) is 2. The fraction of sp³-hybridized carbons (Fsp3) is 0. The zero-order chi connectivity index (χ0) is 12.4. The van der Waals surface area contributed by atoms with Crippen molar-refractivity contribution in [3.05, 3.63) is 53.2 Å². The highest BCUT2D eigenvalue weighted by atomic mass is 16.1. The van der Waals surface area contributed by atoms with Crippen LogP contribution in [-0.2, 0) is 0 Å². The molecule has 0 radical (unpaired) electrons. The lowest BCUT2D eigenvalue weighted by Gasteiger charge is -2.04. The number of nitrogens with zero attached hydrogens (tertiary/aromatic N) is 3. The van der Waals surface area contributed by atoms with Crippen LogP contribution >= 0.6 is 0 Å². The zero-order valence-electron chi connectivity index (χ0n) is 9.29. The van der Waals surface area contributed by atoms with Gasteiger partial charge in [-0.05, 0) is 12.1 Å². The molecule has 0 atom stereocenters. The van der Waals surface area contributed by atoms with Crippen molar-refractivity contribution in [2.45, 2.75) is 0 Å². The number of nitrogens with one attached hydrogen (secondary N) is 2. The summed E-state index contributed by atoms with van der Waals surface area (Å²) in [5.41, 5.74) is 0.423. The van der Waals surface area contributed by atoms with E-state index in [0.717, 1.165) is 10.9 Å². The zero-order valence-corrected chi connectivity index (χ0v) is 9.29. The monoisotopic (exact) mass is 239 g/mol. The number of anilines is 2. The van der Waals surface area contributed by atoms with Crippen molar-refractivity contribution in [3.63, 3.8) is 0 Å². The molecule has 2 heterocycles. The molecule has 1 aromatic carbocycles. The lowest BCUT2D eigenvalue weighted by atomic mass is 10.2. The summed E-state index contributed by atoms with van der Waals surface area (Å²) in [7, 11) is 0. The van der Waals surface area contributed by atoms with Crippen molar-refractivity contribution in [3.8, 4) is 0 Å². The quantitative estimate of drug-likeness (QED) is 0.707. The molecule has 2 N–H and O–H groups in total. The summed E-state index contributed by atoms with van der Waals surface area (Å²) in [6.45, 7) is 0. The Hall–Kier alpha value is -2.76. The van der Waals surface area contributed by atoms with E-state index in [2.05, 4.69) is 25.3 Å². The second-order valence-electron chi connectivity index (χ2n) is 3.67. The van der Waals surface area contributed by atoms with Crippen molar-refractivity contribution in [2.24, 2.45) is 0 Å². The Kier molecular flexibility index (Phi) is 2.45. The topological polar surface area (TPSA) is 83.6 Å². The van der Waals surface area contributed by atoms with Gasteiger partial charge in [0.25, 0.3) is 0 Å². The van der Waals surface area contributed by atoms with Crippen LogP contribution in [0.15, 0.2) is 47.5 Å². The predicted molar refractivity (Wildman–Crippen MR) is 67.7 cm³/mol. The van der Waals surface area contributed by atoms with Crippen LogP contribution in [0.4, 0.5) is 11.8 Å². The van der Waals surface area contributed by atoms with Gasteiger partial charge in [-0.15, -0.1) is 0 Å². The third-order valence-corrected chi connectivity index (χ3v) is 2.41. The second-order valence-corrected chi connectivity index (χ2v) is 3.67. The lowest BCUT2D eigenvalue weighted by Crippen LogP contribution is -2.11. The average Bonchev–Trinajstić information content (AvgIpc) is 2.39. The highest BCUT2D eigenvalue weighted by Crippen LogP contribution is 2.13. The average molecular weight is 239 g/mol. The van der Waals surface area contributed by atoms with Crippen molar-refractivity contribution >= 4 is 22.7 Å². The normalized spacial score (nSPS) is 10.4. The van der Waals surface area contributed by atoms with E-state index in [4.69, 9.17) is 0 Å². The summed E-state index contributed by atoms with van der Waals surface area (Å²) in [4.78, 5) is 25.6. The lowest BCUT2D eigenvalue weighted by molar-refractivity contribution is 1.07. The Morgan fingerprint density at radius 3 is 2.89 bits per heavy atom.